The Morgan fingerprint density at radius 1 is 1.43 bits per heavy atom. The standard InChI is InChI=1S/C14H22F2N2O3/c1-10(2)9-21-13(20)17-6-7-18(12(19)8-17)11-4-3-5-14(11,15)16/h10-11H,3-9H2,1-2H3. The zero-order valence-electron chi connectivity index (χ0n) is 12.5. The molecule has 1 aliphatic carbocycles. The Hall–Kier alpha value is -1.40. The summed E-state index contributed by atoms with van der Waals surface area (Å²) in [6.45, 7) is 4.33. The molecule has 0 spiro atoms. The number of hydrogen-bond acceptors (Lipinski definition) is 3. The number of carbonyl (C=O) groups excluding carboxylic acids is 2. The summed E-state index contributed by atoms with van der Waals surface area (Å²) in [7, 11) is 0. The van der Waals surface area contributed by atoms with Gasteiger partial charge in [0.25, 0.3) is 5.92 Å². The molecule has 7 heteroatoms. The predicted octanol–water partition coefficient (Wildman–Crippen LogP) is 2.11. The summed E-state index contributed by atoms with van der Waals surface area (Å²) in [5.74, 6) is -3.02. The maximum Gasteiger partial charge on any atom is 0.410 e. The van der Waals surface area contributed by atoms with Crippen LogP contribution in [0.4, 0.5) is 13.6 Å². The summed E-state index contributed by atoms with van der Waals surface area (Å²) in [6.07, 6.45) is 0.0505. The molecule has 2 fully saturated rings. The molecule has 2 aliphatic rings. The van der Waals surface area contributed by atoms with Gasteiger partial charge in [0, 0.05) is 19.5 Å². The molecule has 1 heterocycles. The topological polar surface area (TPSA) is 49.9 Å². The van der Waals surface area contributed by atoms with Crippen LogP contribution in [-0.4, -0.2) is 60.0 Å². The van der Waals surface area contributed by atoms with Crippen LogP contribution in [0.25, 0.3) is 0 Å². The number of hydrogen-bond donors (Lipinski definition) is 0. The molecule has 21 heavy (non-hydrogen) atoms. The highest BCUT2D eigenvalue weighted by Crippen LogP contribution is 2.38. The lowest BCUT2D eigenvalue weighted by atomic mass is 10.1. The van der Waals surface area contributed by atoms with Crippen molar-refractivity contribution in [3.05, 3.63) is 0 Å². The fourth-order valence-electron chi connectivity index (χ4n) is 2.79. The van der Waals surface area contributed by atoms with Gasteiger partial charge < -0.3 is 9.64 Å². The first-order valence-electron chi connectivity index (χ1n) is 7.40. The molecule has 1 saturated carbocycles. The molecule has 1 atom stereocenters. The van der Waals surface area contributed by atoms with Crippen LogP contribution < -0.4 is 0 Å². The minimum absolute atomic E-state index is 0.149. The van der Waals surface area contributed by atoms with E-state index in [9.17, 15) is 18.4 Å². The second kappa shape index (κ2) is 6.15. The Morgan fingerprint density at radius 3 is 2.67 bits per heavy atom. The second-order valence-electron chi connectivity index (χ2n) is 6.15. The first kappa shape index (κ1) is 16.0. The molecule has 2 amide bonds. The minimum Gasteiger partial charge on any atom is -0.449 e. The van der Waals surface area contributed by atoms with E-state index >= 15 is 0 Å². The van der Waals surface area contributed by atoms with Crippen LogP contribution in [0.3, 0.4) is 0 Å². The van der Waals surface area contributed by atoms with E-state index in [0.29, 0.717) is 12.8 Å². The van der Waals surface area contributed by atoms with Crippen molar-refractivity contribution in [2.24, 2.45) is 5.92 Å². The molecule has 5 nitrogen and oxygen atoms in total. The van der Waals surface area contributed by atoms with Gasteiger partial charge in [0.2, 0.25) is 5.91 Å². The maximum atomic E-state index is 13.7. The quantitative estimate of drug-likeness (QED) is 0.802. The summed E-state index contributed by atoms with van der Waals surface area (Å²) in [5, 5.41) is 0. The predicted molar refractivity (Wildman–Crippen MR) is 72.1 cm³/mol. The van der Waals surface area contributed by atoms with Crippen LogP contribution in [-0.2, 0) is 9.53 Å². The summed E-state index contributed by atoms with van der Waals surface area (Å²) in [4.78, 5) is 26.4. The monoisotopic (exact) mass is 304 g/mol. The number of rotatable bonds is 3. The van der Waals surface area contributed by atoms with Gasteiger partial charge in [-0.05, 0) is 18.8 Å². The Labute approximate surface area is 123 Å². The van der Waals surface area contributed by atoms with Crippen molar-refractivity contribution in [1.29, 1.82) is 0 Å². The van der Waals surface area contributed by atoms with E-state index in [-0.39, 0.29) is 38.6 Å². The summed E-state index contributed by atoms with van der Waals surface area (Å²) >= 11 is 0. The van der Waals surface area contributed by atoms with Gasteiger partial charge in [0.05, 0.1) is 12.6 Å². The van der Waals surface area contributed by atoms with E-state index in [0.717, 1.165) is 0 Å². The molecular formula is C14H22F2N2O3. The van der Waals surface area contributed by atoms with Gasteiger partial charge in [-0.25, -0.2) is 13.6 Å². The molecule has 1 saturated heterocycles. The number of piperazine rings is 1. The number of amides is 2. The third-order valence-corrected chi connectivity index (χ3v) is 3.91. The molecule has 2 rings (SSSR count). The lowest BCUT2D eigenvalue weighted by Crippen LogP contribution is -2.58. The molecule has 120 valence electrons. The van der Waals surface area contributed by atoms with Crippen LogP contribution in [0.15, 0.2) is 0 Å². The number of halogens is 2. The van der Waals surface area contributed by atoms with E-state index < -0.39 is 24.0 Å². The van der Waals surface area contributed by atoms with E-state index in [1.54, 1.807) is 0 Å². The molecule has 0 bridgehead atoms. The number of alkyl halides is 2. The van der Waals surface area contributed by atoms with Crippen LogP contribution in [0.1, 0.15) is 33.1 Å². The second-order valence-corrected chi connectivity index (χ2v) is 6.15. The molecule has 1 aliphatic heterocycles. The third-order valence-electron chi connectivity index (χ3n) is 3.91. The SMILES string of the molecule is CC(C)COC(=O)N1CCN(C2CCCC2(F)F)C(=O)C1. The van der Waals surface area contributed by atoms with Crippen molar-refractivity contribution in [1.82, 2.24) is 9.80 Å². The molecule has 0 aromatic heterocycles. The normalized spacial score (nSPS) is 25.6. The Kier molecular flexibility index (Phi) is 4.68. The number of ether oxygens (including phenoxy) is 1. The van der Waals surface area contributed by atoms with E-state index in [1.807, 2.05) is 13.8 Å². The van der Waals surface area contributed by atoms with E-state index in [1.165, 1.54) is 9.80 Å². The van der Waals surface area contributed by atoms with Crippen molar-refractivity contribution in [3.8, 4) is 0 Å². The van der Waals surface area contributed by atoms with E-state index in [4.69, 9.17) is 4.74 Å². The van der Waals surface area contributed by atoms with Crippen LogP contribution in [0.5, 0.6) is 0 Å². The highest BCUT2D eigenvalue weighted by molar-refractivity contribution is 5.84. The van der Waals surface area contributed by atoms with Crippen LogP contribution in [0, 0.1) is 5.92 Å². The Balaban J connectivity index is 1.90. The molecular weight excluding hydrogens is 282 g/mol. The van der Waals surface area contributed by atoms with Crippen molar-refractivity contribution in [2.75, 3.05) is 26.2 Å². The Bertz CT molecular complexity index is 415. The van der Waals surface area contributed by atoms with Crippen molar-refractivity contribution < 1.29 is 23.1 Å². The number of nitrogens with zero attached hydrogens (tertiary/aromatic N) is 2. The molecule has 0 aromatic rings. The van der Waals surface area contributed by atoms with E-state index in [2.05, 4.69) is 0 Å². The zero-order valence-corrected chi connectivity index (χ0v) is 12.5. The fraction of sp³-hybridized carbons (Fsp3) is 0.857. The lowest BCUT2D eigenvalue weighted by molar-refractivity contribution is -0.147. The number of carbonyl (C=O) groups is 2. The summed E-state index contributed by atoms with van der Waals surface area (Å²) in [6, 6.07) is -1.01. The molecule has 0 radical (unpaired) electrons. The molecule has 1 unspecified atom stereocenters. The van der Waals surface area contributed by atoms with Gasteiger partial charge in [-0.2, -0.15) is 0 Å². The van der Waals surface area contributed by atoms with Gasteiger partial charge in [0.15, 0.2) is 0 Å². The summed E-state index contributed by atoms with van der Waals surface area (Å²) < 4.78 is 32.5. The lowest BCUT2D eigenvalue weighted by Gasteiger charge is -2.39. The third kappa shape index (κ3) is 3.63. The minimum atomic E-state index is -2.81. The van der Waals surface area contributed by atoms with Gasteiger partial charge in [-0.3, -0.25) is 9.69 Å². The first-order chi connectivity index (χ1) is 9.81. The fourth-order valence-corrected chi connectivity index (χ4v) is 2.79. The molecule has 0 aromatic carbocycles. The largest absolute Gasteiger partial charge is 0.449 e. The first-order valence-corrected chi connectivity index (χ1v) is 7.40. The Morgan fingerprint density at radius 2 is 2.14 bits per heavy atom. The smallest absolute Gasteiger partial charge is 0.410 e. The molecule has 0 N–H and O–H groups in total. The zero-order chi connectivity index (χ0) is 15.6. The maximum absolute atomic E-state index is 13.7. The average molecular weight is 304 g/mol. The van der Waals surface area contributed by atoms with Crippen molar-refractivity contribution in [2.45, 2.75) is 45.1 Å². The van der Waals surface area contributed by atoms with Crippen LogP contribution >= 0.6 is 0 Å². The average Bonchev–Trinajstić information content (AvgIpc) is 2.75. The van der Waals surface area contributed by atoms with Gasteiger partial charge in [-0.1, -0.05) is 13.8 Å². The van der Waals surface area contributed by atoms with Gasteiger partial charge in [-0.15, -0.1) is 0 Å². The highest BCUT2D eigenvalue weighted by Gasteiger charge is 2.49. The van der Waals surface area contributed by atoms with Crippen LogP contribution in [0.2, 0.25) is 0 Å². The van der Waals surface area contributed by atoms with Gasteiger partial charge >= 0.3 is 6.09 Å². The highest BCUT2D eigenvalue weighted by atomic mass is 19.3. The van der Waals surface area contributed by atoms with Crippen molar-refractivity contribution in [3.63, 3.8) is 0 Å². The van der Waals surface area contributed by atoms with Gasteiger partial charge in [0.1, 0.15) is 6.54 Å². The summed E-state index contributed by atoms with van der Waals surface area (Å²) in [5.41, 5.74) is 0. The van der Waals surface area contributed by atoms with Crippen molar-refractivity contribution >= 4 is 12.0 Å².